The number of benzene rings is 19. The molecule has 0 saturated heterocycles. The van der Waals surface area contributed by atoms with Gasteiger partial charge in [0, 0.05) is 91.0 Å². The molecule has 3 heterocycles. The van der Waals surface area contributed by atoms with Gasteiger partial charge in [-0.1, -0.05) is 334 Å². The number of nitrogens with zero attached hydrogens (tertiary/aromatic N) is 3. The summed E-state index contributed by atoms with van der Waals surface area (Å²) in [7, 11) is -1.46. The van der Waals surface area contributed by atoms with E-state index in [1.807, 2.05) is 42.5 Å². The summed E-state index contributed by atoms with van der Waals surface area (Å²) in [5.41, 5.74) is 28.4. The van der Waals surface area contributed by atoms with E-state index in [1.54, 1.807) is 6.07 Å². The van der Waals surface area contributed by atoms with Crippen LogP contribution in [0.3, 0.4) is 0 Å². The minimum atomic E-state index is -1.46. The normalized spacial score (nSPS) is 11.4. The minimum absolute atomic E-state index is 0. The van der Waals surface area contributed by atoms with Crippen LogP contribution in [0.5, 0.6) is 0 Å². The molecule has 5 nitrogen and oxygen atoms in total. The molecule has 3 aromatic heterocycles. The predicted molar refractivity (Wildman–Crippen MR) is 500 cm³/mol. The summed E-state index contributed by atoms with van der Waals surface area (Å²) >= 11 is 7.14. The maximum atomic E-state index is 9.43. The molecular formula is C108H74BBr2N3O2Y. The average Bonchev–Trinajstić information content (AvgIpc) is 1.52. The number of hydrogen-bond donors (Lipinski definition) is 2. The number of para-hydroxylation sites is 6. The molecule has 0 saturated carbocycles. The van der Waals surface area contributed by atoms with Gasteiger partial charge < -0.3 is 23.7 Å². The molecule has 9 heteroatoms. The van der Waals surface area contributed by atoms with Crippen LogP contribution in [0.25, 0.3) is 192 Å². The third-order valence-electron chi connectivity index (χ3n) is 23.0. The Kier molecular flexibility index (Phi) is 20.3. The first kappa shape index (κ1) is 74.8. The van der Waals surface area contributed by atoms with E-state index < -0.39 is 7.12 Å². The summed E-state index contributed by atoms with van der Waals surface area (Å²) in [6, 6.07) is 144. The zero-order valence-corrected chi connectivity index (χ0v) is 70.3. The SMILES string of the molecule is Cc1ccc2c(-c3ccc(-c4ccc5c(c4)c4ccccc4n5-c4ccccc4)cc3)c3ccccc3c(-c3ccc(-c4ccc5c(c4)c4ccccc4n5-c4ccccc4)cc3)c2c1.Cc1ccc2c(-c3ccc(Br)cc3)c3ccccc3c(-c3ccc(Br)cc3)c2c1.OB(O)c1ccc2c(c1)c1ccccc1n2-c1ccccc1.[Y]. The van der Waals surface area contributed by atoms with Crippen LogP contribution in [0.15, 0.2) is 409 Å². The largest absolute Gasteiger partial charge is 0.488 e. The van der Waals surface area contributed by atoms with Crippen LogP contribution in [0.1, 0.15) is 11.1 Å². The van der Waals surface area contributed by atoms with Gasteiger partial charge in [0.1, 0.15) is 0 Å². The second-order valence-electron chi connectivity index (χ2n) is 30.0. The minimum Gasteiger partial charge on any atom is -0.423 e. The van der Waals surface area contributed by atoms with Gasteiger partial charge in [0.2, 0.25) is 0 Å². The first-order chi connectivity index (χ1) is 57.0. The van der Waals surface area contributed by atoms with Crippen LogP contribution >= 0.6 is 31.9 Å². The first-order valence-corrected chi connectivity index (χ1v) is 40.9. The summed E-state index contributed by atoms with van der Waals surface area (Å²) in [6.45, 7) is 4.37. The molecule has 0 unspecified atom stereocenters. The van der Waals surface area contributed by atoms with Gasteiger partial charge in [-0.3, -0.25) is 0 Å². The average molecular weight is 1710 g/mol. The molecule has 0 aliphatic carbocycles. The molecule has 0 bridgehead atoms. The summed E-state index contributed by atoms with van der Waals surface area (Å²) in [5, 5.41) is 36.2. The molecule has 0 spiro atoms. The number of aromatic nitrogens is 3. The van der Waals surface area contributed by atoms with Gasteiger partial charge in [-0.05, 0) is 238 Å². The Bertz CT molecular complexity index is 7550. The standard InChI is InChI=1S/C63H42N2.C27H18Br2.C18H14BNO2.Y/c1-41-24-35-54-57(38-41)63(45-31-27-43(28-32-45)47-34-37-61-56(40-47)51-19-11-13-23-59(51)65(61)49-16-6-3-7-17-49)53-21-9-8-20-52(53)62(54)44-29-25-42(26-30-44)46-33-36-60-55(39-46)50-18-10-12-22-58(50)64(60)48-14-4-2-5-15-48;1-17-6-15-24-25(16-17)27(19-9-13-21(29)14-10-19)23-5-3-2-4-22(23)26(24)18-7-11-20(28)12-8-18;21-19(22)13-10-11-18-16(12-13)15-8-4-5-9-17(15)20(18)14-6-2-1-3-7-14;/h2-40H,1H3;2-16H,1H3;1-12,21-22H;. The van der Waals surface area contributed by atoms with E-state index in [4.69, 9.17) is 0 Å². The molecular weight excluding hydrogens is 1630 g/mol. The van der Waals surface area contributed by atoms with Crippen molar-refractivity contribution in [1.82, 2.24) is 13.7 Å². The molecule has 0 aliphatic rings. The molecule has 553 valence electrons. The van der Waals surface area contributed by atoms with E-state index >= 15 is 0 Å². The topological polar surface area (TPSA) is 55.2 Å². The van der Waals surface area contributed by atoms with E-state index in [-0.39, 0.29) is 32.7 Å². The van der Waals surface area contributed by atoms with Crippen LogP contribution in [-0.2, 0) is 32.7 Å². The van der Waals surface area contributed by atoms with Gasteiger partial charge in [0.05, 0.1) is 33.1 Å². The Hall–Kier alpha value is -12.3. The first-order valence-electron chi connectivity index (χ1n) is 39.3. The third kappa shape index (κ3) is 13.7. The Morgan fingerprint density at radius 2 is 0.453 bits per heavy atom. The van der Waals surface area contributed by atoms with Gasteiger partial charge >= 0.3 is 7.12 Å². The number of fused-ring (bicyclic) bond motifs is 13. The van der Waals surface area contributed by atoms with Crippen molar-refractivity contribution in [2.45, 2.75) is 13.8 Å². The number of hydrogen-bond acceptors (Lipinski definition) is 2. The molecule has 117 heavy (non-hydrogen) atoms. The van der Waals surface area contributed by atoms with Gasteiger partial charge in [-0.25, -0.2) is 0 Å². The van der Waals surface area contributed by atoms with Crippen molar-refractivity contribution in [3.8, 4) is 83.8 Å². The molecule has 22 aromatic rings. The van der Waals surface area contributed by atoms with Crippen molar-refractivity contribution >= 4 is 153 Å². The van der Waals surface area contributed by atoms with E-state index in [1.165, 1.54) is 176 Å². The zero-order valence-electron chi connectivity index (χ0n) is 64.3. The monoisotopic (exact) mass is 1700 g/mol. The third-order valence-corrected chi connectivity index (χ3v) is 24.1. The zero-order chi connectivity index (χ0) is 78.1. The van der Waals surface area contributed by atoms with Crippen LogP contribution in [-0.4, -0.2) is 30.9 Å². The van der Waals surface area contributed by atoms with Crippen molar-refractivity contribution < 1.29 is 42.8 Å². The van der Waals surface area contributed by atoms with Gasteiger partial charge in [-0.2, -0.15) is 0 Å². The summed E-state index contributed by atoms with van der Waals surface area (Å²) in [5.74, 6) is 0. The molecule has 19 aromatic carbocycles. The number of rotatable bonds is 10. The van der Waals surface area contributed by atoms with Gasteiger partial charge in [-0.15, -0.1) is 0 Å². The summed E-state index contributed by atoms with van der Waals surface area (Å²) in [4.78, 5) is 0. The van der Waals surface area contributed by atoms with Crippen molar-refractivity contribution in [2.24, 2.45) is 0 Å². The van der Waals surface area contributed by atoms with E-state index in [0.717, 1.165) is 36.4 Å². The Balaban J connectivity index is 0.000000143. The van der Waals surface area contributed by atoms with Crippen LogP contribution in [0.2, 0.25) is 0 Å². The van der Waals surface area contributed by atoms with E-state index in [9.17, 15) is 10.0 Å². The second kappa shape index (κ2) is 31.7. The van der Waals surface area contributed by atoms with Crippen molar-refractivity contribution in [2.75, 3.05) is 0 Å². The molecule has 0 aliphatic heterocycles. The molecule has 0 amide bonds. The Morgan fingerprint density at radius 3 is 0.786 bits per heavy atom. The quantitative estimate of drug-likeness (QED) is 0.106. The van der Waals surface area contributed by atoms with Crippen molar-refractivity contribution in [3.05, 3.63) is 420 Å². The fraction of sp³-hybridized carbons (Fsp3) is 0.0185. The Labute approximate surface area is 720 Å². The van der Waals surface area contributed by atoms with E-state index in [0.29, 0.717) is 5.46 Å². The summed E-state index contributed by atoms with van der Waals surface area (Å²) < 4.78 is 9.13. The number of halogens is 2. The second-order valence-corrected chi connectivity index (χ2v) is 31.9. The fourth-order valence-corrected chi connectivity index (χ4v) is 18.3. The van der Waals surface area contributed by atoms with Crippen LogP contribution < -0.4 is 5.46 Å². The molecule has 2 N–H and O–H groups in total. The maximum absolute atomic E-state index is 9.43. The van der Waals surface area contributed by atoms with Crippen LogP contribution in [0, 0.1) is 13.8 Å². The van der Waals surface area contributed by atoms with E-state index in [2.05, 4.69) is 411 Å². The predicted octanol–water partition coefficient (Wildman–Crippen LogP) is 28.8. The molecule has 1 radical (unpaired) electrons. The maximum Gasteiger partial charge on any atom is 0.488 e. The number of aryl methyl sites for hydroxylation is 2. The molecule has 0 fully saturated rings. The Morgan fingerprint density at radius 1 is 0.205 bits per heavy atom. The van der Waals surface area contributed by atoms with Crippen molar-refractivity contribution in [3.63, 3.8) is 0 Å². The van der Waals surface area contributed by atoms with Crippen molar-refractivity contribution in [1.29, 1.82) is 0 Å². The molecule has 0 atom stereocenters. The van der Waals surface area contributed by atoms with Gasteiger partial charge in [0.15, 0.2) is 0 Å². The smallest absolute Gasteiger partial charge is 0.423 e. The van der Waals surface area contributed by atoms with Gasteiger partial charge in [0.25, 0.3) is 0 Å². The summed E-state index contributed by atoms with van der Waals surface area (Å²) in [6.07, 6.45) is 0. The molecule has 22 rings (SSSR count). The fourth-order valence-electron chi connectivity index (χ4n) is 17.7. The van der Waals surface area contributed by atoms with Crippen LogP contribution in [0.4, 0.5) is 0 Å².